The average molecular weight is 573 g/mol. The first-order valence-electron chi connectivity index (χ1n) is 15.6. The molecular formula is C42H40N2. The molecule has 6 rings (SSSR count). The lowest BCUT2D eigenvalue weighted by molar-refractivity contribution is 0.768. The molecule has 0 unspecified atom stereocenters. The second-order valence-corrected chi connectivity index (χ2v) is 11.5. The molecule has 0 aromatic heterocycles. The highest BCUT2D eigenvalue weighted by molar-refractivity contribution is 5.86. The molecule has 5 aromatic carbocycles. The topological polar surface area (TPSA) is 38.0 Å². The van der Waals surface area contributed by atoms with E-state index in [1.54, 1.807) is 6.20 Å². The van der Waals surface area contributed by atoms with Crippen LogP contribution in [-0.2, 0) is 11.8 Å². The number of fused-ring (bicyclic) bond motifs is 3. The Morgan fingerprint density at radius 2 is 1.23 bits per heavy atom. The Labute approximate surface area is 262 Å². The van der Waals surface area contributed by atoms with Gasteiger partial charge in [-0.25, -0.2) is 0 Å². The fourth-order valence-electron chi connectivity index (χ4n) is 6.72. The van der Waals surface area contributed by atoms with Gasteiger partial charge in [-0.1, -0.05) is 146 Å². The predicted molar refractivity (Wildman–Crippen MR) is 186 cm³/mol. The zero-order valence-electron chi connectivity index (χ0n) is 25.4. The first kappa shape index (κ1) is 29.0. The quantitative estimate of drug-likeness (QED) is 0.120. The first-order valence-corrected chi connectivity index (χ1v) is 15.6. The summed E-state index contributed by atoms with van der Waals surface area (Å²) in [4.78, 5) is 0. The van der Waals surface area contributed by atoms with Gasteiger partial charge in [-0.2, -0.15) is 0 Å². The van der Waals surface area contributed by atoms with Gasteiger partial charge in [0.2, 0.25) is 0 Å². The van der Waals surface area contributed by atoms with Crippen molar-refractivity contribution in [1.82, 2.24) is 5.32 Å². The molecule has 5 aromatic rings. The van der Waals surface area contributed by atoms with Crippen LogP contribution in [0.15, 0.2) is 163 Å². The summed E-state index contributed by atoms with van der Waals surface area (Å²) in [6.45, 7) is 3.12. The molecule has 1 aliphatic rings. The molecular weight excluding hydrogens is 532 g/mol. The van der Waals surface area contributed by atoms with Crippen LogP contribution in [0.4, 0.5) is 0 Å². The molecule has 0 amide bonds. The third kappa shape index (κ3) is 5.64. The number of hydrogen-bond acceptors (Lipinski definition) is 2. The van der Waals surface area contributed by atoms with Crippen molar-refractivity contribution in [1.29, 1.82) is 0 Å². The van der Waals surface area contributed by atoms with Crippen LogP contribution in [0.25, 0.3) is 16.8 Å². The number of benzene rings is 5. The molecule has 2 heteroatoms. The molecule has 3 N–H and O–H groups in total. The Hall–Kier alpha value is -5.08. The maximum Gasteiger partial charge on any atom is 0.0713 e. The number of rotatable bonds is 11. The summed E-state index contributed by atoms with van der Waals surface area (Å²) in [7, 11) is 0. The molecule has 1 aliphatic carbocycles. The third-order valence-corrected chi connectivity index (χ3v) is 8.80. The minimum atomic E-state index is -0.381. The van der Waals surface area contributed by atoms with Gasteiger partial charge in [-0.15, -0.1) is 0 Å². The largest absolute Gasteiger partial charge is 0.405 e. The van der Waals surface area contributed by atoms with E-state index in [1.807, 2.05) is 12.2 Å². The van der Waals surface area contributed by atoms with Crippen LogP contribution in [0, 0.1) is 0 Å². The standard InChI is InChI=1S/C42H40N2/c1-32(24-25-33-16-6-4-7-17-33)41(44-31-15-3-2-14-30-43)34-26-28-36(29-27-34)42(35-18-8-5-9-19-35)39-22-12-10-20-37(39)38-21-11-13-23-40(38)42/h2-14,16-23,26-30,44H,15,24-25,31,43H2,1H3/b3-2-,30-14-,41-32+. The molecule has 0 aliphatic heterocycles. The third-order valence-electron chi connectivity index (χ3n) is 8.80. The van der Waals surface area contributed by atoms with E-state index in [0.717, 1.165) is 25.8 Å². The van der Waals surface area contributed by atoms with E-state index in [1.165, 1.54) is 55.8 Å². The smallest absolute Gasteiger partial charge is 0.0713 e. The maximum absolute atomic E-state index is 5.49. The molecule has 0 fully saturated rings. The molecule has 0 saturated heterocycles. The monoisotopic (exact) mass is 572 g/mol. The predicted octanol–water partition coefficient (Wildman–Crippen LogP) is 9.42. The molecule has 0 atom stereocenters. The highest BCUT2D eigenvalue weighted by Gasteiger charge is 2.45. The molecule has 2 nitrogen and oxygen atoms in total. The van der Waals surface area contributed by atoms with Crippen LogP contribution < -0.4 is 11.1 Å². The van der Waals surface area contributed by atoms with Gasteiger partial charge in [0, 0.05) is 12.2 Å². The Morgan fingerprint density at radius 3 is 1.86 bits per heavy atom. The van der Waals surface area contributed by atoms with Gasteiger partial charge in [-0.3, -0.25) is 0 Å². The van der Waals surface area contributed by atoms with Crippen molar-refractivity contribution in [2.24, 2.45) is 5.73 Å². The lowest BCUT2D eigenvalue weighted by Crippen LogP contribution is -2.28. The maximum atomic E-state index is 5.49. The second kappa shape index (κ2) is 13.5. The van der Waals surface area contributed by atoms with Crippen molar-refractivity contribution in [2.45, 2.75) is 31.6 Å². The highest BCUT2D eigenvalue weighted by atomic mass is 14.9. The zero-order valence-corrected chi connectivity index (χ0v) is 25.4. The Morgan fingerprint density at radius 1 is 0.659 bits per heavy atom. The number of aryl methyl sites for hydroxylation is 1. The average Bonchev–Trinajstić information content (AvgIpc) is 3.39. The Bertz CT molecular complexity index is 1730. The van der Waals surface area contributed by atoms with Crippen molar-refractivity contribution in [3.05, 3.63) is 197 Å². The minimum Gasteiger partial charge on any atom is -0.405 e. The summed E-state index contributed by atoms with van der Waals surface area (Å²) in [5.41, 5.74) is 18.1. The van der Waals surface area contributed by atoms with E-state index < -0.39 is 0 Å². The van der Waals surface area contributed by atoms with Crippen LogP contribution in [-0.4, -0.2) is 6.54 Å². The van der Waals surface area contributed by atoms with Crippen LogP contribution >= 0.6 is 0 Å². The summed E-state index contributed by atoms with van der Waals surface area (Å²) >= 11 is 0. The van der Waals surface area contributed by atoms with E-state index >= 15 is 0 Å². The summed E-state index contributed by atoms with van der Waals surface area (Å²) in [6.07, 6.45) is 10.5. The van der Waals surface area contributed by atoms with Gasteiger partial charge < -0.3 is 11.1 Å². The Balaban J connectivity index is 1.41. The fourth-order valence-corrected chi connectivity index (χ4v) is 6.72. The summed E-state index contributed by atoms with van der Waals surface area (Å²) < 4.78 is 0. The normalized spacial score (nSPS) is 13.9. The summed E-state index contributed by atoms with van der Waals surface area (Å²) in [5, 5.41) is 3.78. The van der Waals surface area contributed by atoms with Gasteiger partial charge >= 0.3 is 0 Å². The van der Waals surface area contributed by atoms with Crippen molar-refractivity contribution in [3.63, 3.8) is 0 Å². The molecule has 218 valence electrons. The lowest BCUT2D eigenvalue weighted by Gasteiger charge is -2.34. The fraction of sp³-hybridized carbons (Fsp3) is 0.143. The molecule has 0 saturated carbocycles. The van der Waals surface area contributed by atoms with E-state index in [2.05, 4.69) is 152 Å². The Kier molecular flexibility index (Phi) is 8.89. The molecule has 0 spiro atoms. The van der Waals surface area contributed by atoms with Crippen molar-refractivity contribution in [3.8, 4) is 11.1 Å². The van der Waals surface area contributed by atoms with Crippen LogP contribution in [0.3, 0.4) is 0 Å². The van der Waals surface area contributed by atoms with E-state index in [0.29, 0.717) is 0 Å². The second-order valence-electron chi connectivity index (χ2n) is 11.5. The lowest BCUT2D eigenvalue weighted by atomic mass is 9.67. The molecule has 44 heavy (non-hydrogen) atoms. The van der Waals surface area contributed by atoms with Crippen LogP contribution in [0.2, 0.25) is 0 Å². The number of nitrogens with one attached hydrogen (secondary N) is 1. The first-order chi connectivity index (χ1) is 21.7. The van der Waals surface area contributed by atoms with E-state index in [9.17, 15) is 0 Å². The van der Waals surface area contributed by atoms with E-state index in [4.69, 9.17) is 5.73 Å². The van der Waals surface area contributed by atoms with Gasteiger partial charge in [0.05, 0.1) is 5.41 Å². The van der Waals surface area contributed by atoms with E-state index in [-0.39, 0.29) is 5.41 Å². The van der Waals surface area contributed by atoms with Crippen molar-refractivity contribution < 1.29 is 0 Å². The van der Waals surface area contributed by atoms with Gasteiger partial charge in [-0.05, 0) is 88.5 Å². The van der Waals surface area contributed by atoms with Crippen LogP contribution in [0.1, 0.15) is 53.1 Å². The molecule has 0 radical (unpaired) electrons. The summed E-state index contributed by atoms with van der Waals surface area (Å²) in [6, 6.07) is 48.9. The minimum absolute atomic E-state index is 0.381. The zero-order chi connectivity index (χ0) is 30.2. The van der Waals surface area contributed by atoms with Gasteiger partial charge in [0.15, 0.2) is 0 Å². The number of nitrogens with two attached hydrogens (primary N) is 1. The van der Waals surface area contributed by atoms with Crippen molar-refractivity contribution >= 4 is 5.70 Å². The molecule has 0 heterocycles. The van der Waals surface area contributed by atoms with Gasteiger partial charge in [0.1, 0.15) is 0 Å². The number of hydrogen-bond donors (Lipinski definition) is 2. The number of allylic oxidation sites excluding steroid dienone is 3. The highest BCUT2D eigenvalue weighted by Crippen LogP contribution is 2.55. The van der Waals surface area contributed by atoms with Crippen molar-refractivity contribution in [2.75, 3.05) is 6.54 Å². The SMILES string of the molecule is C/C(CCc1ccccc1)=C(\NCC/C=C\C=C/N)c1ccc(C2(c3ccccc3)c3ccccc3-c3ccccc32)cc1. The molecule has 0 bridgehead atoms. The van der Waals surface area contributed by atoms with Crippen LogP contribution in [0.5, 0.6) is 0 Å². The summed E-state index contributed by atoms with van der Waals surface area (Å²) in [5.74, 6) is 0. The van der Waals surface area contributed by atoms with Gasteiger partial charge in [0.25, 0.3) is 0 Å².